The number of fused-ring (bicyclic) bond motifs is 8. The van der Waals surface area contributed by atoms with Gasteiger partial charge < -0.3 is 9.13 Å². The highest BCUT2D eigenvalue weighted by molar-refractivity contribution is 7.27. The van der Waals surface area contributed by atoms with Gasteiger partial charge in [-0.3, -0.25) is 0 Å². The second kappa shape index (κ2) is 8.84. The fraction of sp³-hybridized carbons (Fsp3) is 0.0270. The summed E-state index contributed by atoms with van der Waals surface area (Å²) in [7, 11) is 0. The lowest BCUT2D eigenvalue weighted by Crippen LogP contribution is -1.98. The zero-order valence-corrected chi connectivity index (χ0v) is 23.0. The van der Waals surface area contributed by atoms with Crippen molar-refractivity contribution in [2.75, 3.05) is 0 Å². The molecule has 8 aromatic rings. The molecule has 0 N–H and O–H groups in total. The molecule has 0 bridgehead atoms. The number of hydrogen-bond donors (Lipinski definition) is 0. The summed E-state index contributed by atoms with van der Waals surface area (Å²) in [5, 5.41) is 6.27. The van der Waals surface area contributed by atoms with Gasteiger partial charge in [0.05, 0.1) is 26.9 Å². The van der Waals surface area contributed by atoms with Gasteiger partial charge in [-0.1, -0.05) is 91.5 Å². The van der Waals surface area contributed by atoms with Crippen molar-refractivity contribution in [3.05, 3.63) is 133 Å². The molecule has 0 aliphatic heterocycles. The van der Waals surface area contributed by atoms with Crippen molar-refractivity contribution >= 4 is 76.4 Å². The molecule has 40 heavy (non-hydrogen) atoms. The molecule has 0 saturated carbocycles. The lowest BCUT2D eigenvalue weighted by molar-refractivity contribution is 1.11. The smallest absolute Gasteiger partial charge is 0.0749 e. The Morgan fingerprint density at radius 3 is 2.27 bits per heavy atom. The van der Waals surface area contributed by atoms with E-state index in [1.54, 1.807) is 0 Å². The van der Waals surface area contributed by atoms with Crippen LogP contribution in [0.1, 0.15) is 18.2 Å². The van der Waals surface area contributed by atoms with Crippen LogP contribution in [-0.4, -0.2) is 9.13 Å². The molecule has 0 atom stereocenters. The van der Waals surface area contributed by atoms with Gasteiger partial charge in [-0.15, -0.1) is 11.3 Å². The lowest BCUT2D eigenvalue weighted by atomic mass is 10.1. The highest BCUT2D eigenvalue weighted by Crippen LogP contribution is 2.47. The number of aromatic nitrogens is 2. The third-order valence-electron chi connectivity index (χ3n) is 7.98. The molecular formula is C37H26N2S. The quantitative estimate of drug-likeness (QED) is 0.214. The second-order valence-electron chi connectivity index (χ2n) is 10.2. The van der Waals surface area contributed by atoms with Crippen molar-refractivity contribution in [1.82, 2.24) is 9.13 Å². The van der Waals surface area contributed by atoms with Crippen LogP contribution in [0.5, 0.6) is 0 Å². The molecule has 0 radical (unpaired) electrons. The Morgan fingerprint density at radius 1 is 0.675 bits per heavy atom. The molecule has 0 aliphatic carbocycles. The Morgan fingerprint density at radius 2 is 1.45 bits per heavy atom. The van der Waals surface area contributed by atoms with Crippen molar-refractivity contribution in [2.24, 2.45) is 0 Å². The van der Waals surface area contributed by atoms with Gasteiger partial charge in [0.1, 0.15) is 0 Å². The number of allylic oxidation sites excluding steroid dienone is 1. The van der Waals surface area contributed by atoms with E-state index in [-0.39, 0.29) is 0 Å². The summed E-state index contributed by atoms with van der Waals surface area (Å²) < 4.78 is 7.48. The molecular weight excluding hydrogens is 504 g/mol. The Kier molecular flexibility index (Phi) is 5.10. The van der Waals surface area contributed by atoms with E-state index in [1.165, 1.54) is 64.1 Å². The first-order valence-corrected chi connectivity index (χ1v) is 14.4. The highest BCUT2D eigenvalue weighted by atomic mass is 32.1. The largest absolute Gasteiger partial charge is 0.309 e. The van der Waals surface area contributed by atoms with Crippen LogP contribution in [0.4, 0.5) is 0 Å². The molecule has 0 fully saturated rings. The van der Waals surface area contributed by atoms with Crippen LogP contribution in [0.3, 0.4) is 0 Å². The molecule has 2 nitrogen and oxygen atoms in total. The Bertz CT molecular complexity index is 2290. The van der Waals surface area contributed by atoms with E-state index >= 15 is 0 Å². The normalized spacial score (nSPS) is 12.1. The van der Waals surface area contributed by atoms with Gasteiger partial charge in [0.2, 0.25) is 0 Å². The van der Waals surface area contributed by atoms with Crippen LogP contribution >= 0.6 is 11.3 Å². The molecule has 5 aromatic carbocycles. The Hall–Kier alpha value is -4.86. The maximum Gasteiger partial charge on any atom is 0.0749 e. The monoisotopic (exact) mass is 530 g/mol. The van der Waals surface area contributed by atoms with Gasteiger partial charge in [-0.2, -0.15) is 0 Å². The predicted molar refractivity (Wildman–Crippen MR) is 175 cm³/mol. The Labute approximate surface area is 236 Å². The standard InChI is InChI=1S/C37H26N2S/c1-3-12-28-29-21-22-33-34(35(29)39(31(28)4-2)27-20-19-24-13-8-9-14-25(24)23-27)36-37(40-33)30-17-10-11-18-32(30)38(36)26-15-6-5-7-16-26/h3-23H,2H2,1H3/b12-3-. The molecule has 0 saturated heterocycles. The average molecular weight is 531 g/mol. The van der Waals surface area contributed by atoms with E-state index in [0.29, 0.717) is 0 Å². The van der Waals surface area contributed by atoms with E-state index < -0.39 is 0 Å². The molecule has 3 heterocycles. The molecule has 3 heteroatoms. The highest BCUT2D eigenvalue weighted by Gasteiger charge is 2.24. The number of benzene rings is 5. The van der Waals surface area contributed by atoms with Crippen molar-refractivity contribution < 1.29 is 0 Å². The topological polar surface area (TPSA) is 9.86 Å². The van der Waals surface area contributed by atoms with Gasteiger partial charge in [-0.25, -0.2) is 0 Å². The second-order valence-corrected chi connectivity index (χ2v) is 11.2. The van der Waals surface area contributed by atoms with E-state index in [1.807, 2.05) is 17.4 Å². The fourth-order valence-corrected chi connectivity index (χ4v) is 7.56. The minimum atomic E-state index is 1.11. The lowest BCUT2D eigenvalue weighted by Gasteiger charge is -2.12. The number of nitrogens with zero attached hydrogens (tertiary/aromatic N) is 2. The maximum atomic E-state index is 4.29. The Balaban J connectivity index is 1.63. The van der Waals surface area contributed by atoms with Gasteiger partial charge in [0, 0.05) is 37.8 Å². The van der Waals surface area contributed by atoms with Crippen LogP contribution in [0.15, 0.2) is 122 Å². The van der Waals surface area contributed by atoms with Crippen molar-refractivity contribution in [2.45, 2.75) is 6.92 Å². The third-order valence-corrected chi connectivity index (χ3v) is 9.16. The van der Waals surface area contributed by atoms with Crippen LogP contribution in [0, 0.1) is 0 Å². The number of thiophene rings is 1. The molecule has 0 spiro atoms. The van der Waals surface area contributed by atoms with E-state index in [9.17, 15) is 0 Å². The van der Waals surface area contributed by atoms with Crippen LogP contribution in [-0.2, 0) is 0 Å². The minimum Gasteiger partial charge on any atom is -0.309 e. The summed E-state index contributed by atoms with van der Waals surface area (Å²) in [6.45, 7) is 6.37. The van der Waals surface area contributed by atoms with Crippen molar-refractivity contribution in [3.63, 3.8) is 0 Å². The first-order valence-electron chi connectivity index (χ1n) is 13.6. The molecule has 190 valence electrons. The van der Waals surface area contributed by atoms with Gasteiger partial charge in [-0.05, 0) is 60.2 Å². The first-order chi connectivity index (χ1) is 19.8. The van der Waals surface area contributed by atoms with E-state index in [2.05, 4.69) is 144 Å². The SMILES string of the molecule is C=Cc1c(/C=C\C)c2ccc3sc4c5ccccc5n(-c5ccccc5)c4c3c2n1-c1ccc2ccccc2c1. The van der Waals surface area contributed by atoms with Crippen LogP contribution in [0.2, 0.25) is 0 Å². The summed E-state index contributed by atoms with van der Waals surface area (Å²) in [5.41, 5.74) is 8.34. The van der Waals surface area contributed by atoms with E-state index in [0.717, 1.165) is 11.4 Å². The van der Waals surface area contributed by atoms with E-state index in [4.69, 9.17) is 0 Å². The average Bonchev–Trinajstić information content (AvgIpc) is 3.64. The number of hydrogen-bond acceptors (Lipinski definition) is 1. The fourth-order valence-electron chi connectivity index (χ4n) is 6.34. The summed E-state index contributed by atoms with van der Waals surface area (Å²) in [6.07, 6.45) is 6.35. The number of para-hydroxylation sites is 2. The summed E-state index contributed by atoms with van der Waals surface area (Å²) in [6, 6.07) is 39.5. The van der Waals surface area contributed by atoms with Crippen molar-refractivity contribution in [1.29, 1.82) is 0 Å². The zero-order chi connectivity index (χ0) is 26.8. The third kappa shape index (κ3) is 3.16. The van der Waals surface area contributed by atoms with Crippen LogP contribution in [0.25, 0.3) is 76.4 Å². The van der Waals surface area contributed by atoms with Gasteiger partial charge in [0.25, 0.3) is 0 Å². The first kappa shape index (κ1) is 23.1. The van der Waals surface area contributed by atoms with Gasteiger partial charge >= 0.3 is 0 Å². The molecule has 0 unspecified atom stereocenters. The van der Waals surface area contributed by atoms with Crippen LogP contribution < -0.4 is 0 Å². The molecule has 8 rings (SSSR count). The zero-order valence-electron chi connectivity index (χ0n) is 22.1. The summed E-state index contributed by atoms with van der Waals surface area (Å²) in [4.78, 5) is 0. The predicted octanol–water partition coefficient (Wildman–Crippen LogP) is 10.8. The maximum absolute atomic E-state index is 4.29. The minimum absolute atomic E-state index is 1.11. The van der Waals surface area contributed by atoms with Gasteiger partial charge in [0.15, 0.2) is 0 Å². The molecule has 0 aliphatic rings. The summed E-state index contributed by atoms with van der Waals surface area (Å²) in [5.74, 6) is 0. The molecule has 0 amide bonds. The van der Waals surface area contributed by atoms with Crippen molar-refractivity contribution in [3.8, 4) is 11.4 Å². The number of rotatable bonds is 4. The molecule has 3 aromatic heterocycles. The summed E-state index contributed by atoms with van der Waals surface area (Å²) >= 11 is 1.89.